The van der Waals surface area contributed by atoms with Crippen molar-refractivity contribution in [1.82, 2.24) is 0 Å². The average molecular weight is 292 g/mol. The third-order valence-corrected chi connectivity index (χ3v) is 2.87. The second-order valence-electron chi connectivity index (χ2n) is 3.73. The van der Waals surface area contributed by atoms with Crippen molar-refractivity contribution in [2.75, 3.05) is 19.0 Å². The Morgan fingerprint density at radius 2 is 1.79 bits per heavy atom. The summed E-state index contributed by atoms with van der Waals surface area (Å²) in [5.74, 6) is -1.30. The minimum absolute atomic E-state index is 0.0446. The van der Waals surface area contributed by atoms with Gasteiger partial charge in [-0.2, -0.15) is 0 Å². The Hall–Kier alpha value is -1.24. The highest BCUT2D eigenvalue weighted by atomic mass is 32.2. The first-order chi connectivity index (χ1) is 8.95. The molecule has 0 rings (SSSR count). The fourth-order valence-electron chi connectivity index (χ4n) is 1.02. The van der Waals surface area contributed by atoms with Gasteiger partial charge in [0.05, 0.1) is 12.4 Å². The van der Waals surface area contributed by atoms with Crippen LogP contribution in [-0.2, 0) is 28.6 Å². The molecule has 0 aromatic heterocycles. The fraction of sp³-hybridized carbons (Fsp3) is 0.750. The van der Waals surface area contributed by atoms with Crippen LogP contribution in [0.3, 0.4) is 0 Å². The van der Waals surface area contributed by atoms with E-state index in [1.165, 1.54) is 13.8 Å². The van der Waals surface area contributed by atoms with Gasteiger partial charge in [0.1, 0.15) is 6.61 Å². The molecule has 110 valence electrons. The smallest absolute Gasteiger partial charge is 0.316 e. The van der Waals surface area contributed by atoms with Gasteiger partial charge in [-0.05, 0) is 6.42 Å². The zero-order valence-electron chi connectivity index (χ0n) is 11.5. The Kier molecular flexibility index (Phi) is 9.97. The van der Waals surface area contributed by atoms with Crippen LogP contribution in [0.2, 0.25) is 0 Å². The van der Waals surface area contributed by atoms with Crippen molar-refractivity contribution in [2.24, 2.45) is 0 Å². The molecule has 0 aliphatic rings. The lowest BCUT2D eigenvalue weighted by Gasteiger charge is -2.15. The van der Waals surface area contributed by atoms with Crippen molar-refractivity contribution in [3.8, 4) is 0 Å². The van der Waals surface area contributed by atoms with E-state index in [1.54, 1.807) is 0 Å². The summed E-state index contributed by atoms with van der Waals surface area (Å²) in [6.07, 6.45) is 1.76. The molecule has 0 aliphatic carbocycles. The summed E-state index contributed by atoms with van der Waals surface area (Å²) in [4.78, 5) is 32.9. The summed E-state index contributed by atoms with van der Waals surface area (Å²) in [6.45, 7) is 4.81. The lowest BCUT2D eigenvalue weighted by molar-refractivity contribution is -0.151. The van der Waals surface area contributed by atoms with Crippen molar-refractivity contribution >= 4 is 29.7 Å². The van der Waals surface area contributed by atoms with E-state index in [-0.39, 0.29) is 18.3 Å². The van der Waals surface area contributed by atoms with Crippen molar-refractivity contribution in [3.63, 3.8) is 0 Å². The zero-order chi connectivity index (χ0) is 14.7. The first-order valence-electron chi connectivity index (χ1n) is 6.03. The van der Waals surface area contributed by atoms with Gasteiger partial charge in [0.2, 0.25) is 0 Å². The molecule has 7 heteroatoms. The van der Waals surface area contributed by atoms with Gasteiger partial charge < -0.3 is 14.2 Å². The van der Waals surface area contributed by atoms with Gasteiger partial charge in [-0.15, -0.1) is 11.8 Å². The minimum Gasteiger partial charge on any atom is -0.465 e. The van der Waals surface area contributed by atoms with Gasteiger partial charge in [-0.25, -0.2) is 0 Å². The standard InChI is InChI=1S/C12H20O6S/c1-4-5-6-16-11(15)8-19-12(18-10(3)14)7-17-9(2)13/h12H,4-8H2,1-3H3. The predicted molar refractivity (Wildman–Crippen MR) is 70.5 cm³/mol. The van der Waals surface area contributed by atoms with Gasteiger partial charge >= 0.3 is 17.9 Å². The van der Waals surface area contributed by atoms with Crippen molar-refractivity contribution in [1.29, 1.82) is 0 Å². The molecule has 0 N–H and O–H groups in total. The highest BCUT2D eigenvalue weighted by Crippen LogP contribution is 2.14. The Bertz CT molecular complexity index is 305. The third kappa shape index (κ3) is 11.6. The van der Waals surface area contributed by atoms with Crippen LogP contribution in [0, 0.1) is 0 Å². The maximum Gasteiger partial charge on any atom is 0.316 e. The zero-order valence-corrected chi connectivity index (χ0v) is 12.3. The van der Waals surface area contributed by atoms with Crippen molar-refractivity contribution in [2.45, 2.75) is 39.0 Å². The normalized spacial score (nSPS) is 11.5. The Labute approximate surface area is 117 Å². The summed E-state index contributed by atoms with van der Waals surface area (Å²) in [6, 6.07) is 0. The second kappa shape index (κ2) is 10.7. The summed E-state index contributed by atoms with van der Waals surface area (Å²) >= 11 is 1.06. The predicted octanol–water partition coefficient (Wildman–Crippen LogP) is 1.52. The van der Waals surface area contributed by atoms with Crippen LogP contribution in [-0.4, -0.2) is 42.3 Å². The maximum atomic E-state index is 11.4. The molecule has 0 amide bonds. The molecule has 1 atom stereocenters. The minimum atomic E-state index is -0.694. The third-order valence-electron chi connectivity index (χ3n) is 1.87. The van der Waals surface area contributed by atoms with Crippen LogP contribution in [0.4, 0.5) is 0 Å². The van der Waals surface area contributed by atoms with Gasteiger partial charge in [0.25, 0.3) is 0 Å². The molecule has 0 saturated carbocycles. The first-order valence-corrected chi connectivity index (χ1v) is 7.08. The van der Waals surface area contributed by atoms with Crippen LogP contribution < -0.4 is 0 Å². The van der Waals surface area contributed by atoms with Gasteiger partial charge in [0, 0.05) is 13.8 Å². The highest BCUT2D eigenvalue weighted by Gasteiger charge is 2.17. The Morgan fingerprint density at radius 3 is 2.32 bits per heavy atom. The summed E-state index contributed by atoms with van der Waals surface area (Å²) in [7, 11) is 0. The molecule has 0 spiro atoms. The molecular weight excluding hydrogens is 272 g/mol. The molecule has 6 nitrogen and oxygen atoms in total. The Balaban J connectivity index is 3.99. The van der Waals surface area contributed by atoms with E-state index in [4.69, 9.17) is 14.2 Å². The number of hydrogen-bond donors (Lipinski definition) is 0. The van der Waals surface area contributed by atoms with Gasteiger partial charge in [0.15, 0.2) is 5.44 Å². The molecule has 1 unspecified atom stereocenters. The number of thioether (sulfide) groups is 1. The number of carbonyl (C=O) groups excluding carboxylic acids is 3. The second-order valence-corrected chi connectivity index (χ2v) is 4.87. The lowest BCUT2D eigenvalue weighted by Crippen LogP contribution is -2.22. The van der Waals surface area contributed by atoms with E-state index in [2.05, 4.69) is 0 Å². The maximum absolute atomic E-state index is 11.4. The topological polar surface area (TPSA) is 78.9 Å². The molecule has 0 saturated heterocycles. The fourth-order valence-corrected chi connectivity index (χ4v) is 1.79. The van der Waals surface area contributed by atoms with Crippen LogP contribution >= 0.6 is 11.8 Å². The van der Waals surface area contributed by atoms with Gasteiger partial charge in [-0.1, -0.05) is 13.3 Å². The number of hydrogen-bond acceptors (Lipinski definition) is 7. The first kappa shape index (κ1) is 17.8. The molecular formula is C12H20O6S. The summed E-state index contributed by atoms with van der Waals surface area (Å²) in [5.41, 5.74) is -0.694. The SMILES string of the molecule is CCCCOC(=O)CSC(COC(C)=O)OC(C)=O. The highest BCUT2D eigenvalue weighted by molar-refractivity contribution is 8.00. The van der Waals surface area contributed by atoms with Crippen LogP contribution in [0.25, 0.3) is 0 Å². The monoisotopic (exact) mass is 292 g/mol. The Morgan fingerprint density at radius 1 is 1.11 bits per heavy atom. The molecule has 19 heavy (non-hydrogen) atoms. The van der Waals surface area contributed by atoms with Crippen molar-refractivity contribution < 1.29 is 28.6 Å². The van der Waals surface area contributed by atoms with Crippen LogP contribution in [0.5, 0.6) is 0 Å². The number of ether oxygens (including phenoxy) is 3. The van der Waals surface area contributed by atoms with E-state index >= 15 is 0 Å². The van der Waals surface area contributed by atoms with E-state index < -0.39 is 17.4 Å². The largest absolute Gasteiger partial charge is 0.465 e. The molecule has 0 radical (unpaired) electrons. The van der Waals surface area contributed by atoms with E-state index in [1.807, 2.05) is 6.92 Å². The lowest BCUT2D eigenvalue weighted by atomic mass is 10.4. The van der Waals surface area contributed by atoms with Gasteiger partial charge in [-0.3, -0.25) is 14.4 Å². The molecule has 0 aliphatic heterocycles. The molecule has 0 aromatic rings. The molecule has 0 heterocycles. The quantitative estimate of drug-likeness (QED) is 0.276. The van der Waals surface area contributed by atoms with E-state index in [9.17, 15) is 14.4 Å². The average Bonchev–Trinajstić information content (AvgIpc) is 2.32. The molecule has 0 aromatic carbocycles. The number of esters is 3. The van der Waals surface area contributed by atoms with Crippen LogP contribution in [0.15, 0.2) is 0 Å². The number of rotatable bonds is 9. The summed E-state index contributed by atoms with van der Waals surface area (Å²) < 4.78 is 14.6. The van der Waals surface area contributed by atoms with E-state index in [0.29, 0.717) is 6.61 Å². The van der Waals surface area contributed by atoms with Crippen molar-refractivity contribution in [3.05, 3.63) is 0 Å². The van der Waals surface area contributed by atoms with E-state index in [0.717, 1.165) is 24.6 Å². The number of carbonyl (C=O) groups is 3. The summed E-state index contributed by atoms with van der Waals surface area (Å²) in [5, 5.41) is 0. The number of unbranched alkanes of at least 4 members (excludes halogenated alkanes) is 1. The molecule has 0 fully saturated rings. The molecule has 0 bridgehead atoms. The van der Waals surface area contributed by atoms with Crippen LogP contribution in [0.1, 0.15) is 33.6 Å².